The van der Waals surface area contributed by atoms with Crippen LogP contribution >= 0.6 is 11.8 Å². The molecule has 0 radical (unpaired) electrons. The standard InChI is InChI=1S/C14H15N3O2S.C13H25NO.C7H10O2.C6H10N2O2.C2H6/c1-15-14-17-12(7-20-14)11-6-13(18)9-4-3-8(19-2)5-10(9)16-11;1-10(13(3,4)5)14-11(2)15-12-8-6-7-9-12;1-3-5-4-6(5)7(8)9-2;7-6(10)5-2-1-3-8(5)4-9;1-2/h3-7,14-15,17H,1-2H3,(H,16,18);10,12,14H,2,6-9H2,1,3-5H3;3,5-6H,1,4H2,2H3;4-5H,1-3H2,(H2,7,10);1-2H3. The van der Waals surface area contributed by atoms with Gasteiger partial charge in [-0.15, -0.1) is 6.58 Å². The molecule has 2 aliphatic heterocycles. The van der Waals surface area contributed by atoms with Crippen LogP contribution in [0.5, 0.6) is 5.75 Å². The summed E-state index contributed by atoms with van der Waals surface area (Å²) in [5.74, 6) is 1.47. The number of pyridine rings is 1. The highest BCUT2D eigenvalue weighted by molar-refractivity contribution is 8.03. The van der Waals surface area contributed by atoms with E-state index in [2.05, 4.69) is 66.5 Å². The van der Waals surface area contributed by atoms with Gasteiger partial charge in [0.25, 0.3) is 0 Å². The van der Waals surface area contributed by atoms with Crippen LogP contribution < -0.4 is 31.8 Å². The summed E-state index contributed by atoms with van der Waals surface area (Å²) in [5.41, 5.74) is 7.86. The van der Waals surface area contributed by atoms with E-state index in [4.69, 9.17) is 15.2 Å². The van der Waals surface area contributed by atoms with Gasteiger partial charge in [0.15, 0.2) is 11.3 Å². The van der Waals surface area contributed by atoms with Crippen LogP contribution in [0.15, 0.2) is 59.6 Å². The second kappa shape index (κ2) is 23.6. The summed E-state index contributed by atoms with van der Waals surface area (Å²) in [7, 11) is 4.91. The molecule has 312 valence electrons. The highest BCUT2D eigenvalue weighted by Gasteiger charge is 2.41. The van der Waals surface area contributed by atoms with E-state index >= 15 is 0 Å². The Kier molecular flexibility index (Phi) is 20.1. The first-order valence-corrected chi connectivity index (χ1v) is 20.4. The summed E-state index contributed by atoms with van der Waals surface area (Å²) in [5, 5.41) is 12.4. The second-order valence-corrected chi connectivity index (χ2v) is 15.8. The number of amides is 2. The van der Waals surface area contributed by atoms with Crippen LogP contribution in [0, 0.1) is 17.3 Å². The van der Waals surface area contributed by atoms with Gasteiger partial charge in [0.1, 0.15) is 23.4 Å². The number of carbonyl (C=O) groups is 3. The summed E-state index contributed by atoms with van der Waals surface area (Å²) in [6.07, 6.45) is 10.4. The van der Waals surface area contributed by atoms with Gasteiger partial charge < -0.3 is 40.5 Å². The van der Waals surface area contributed by atoms with Crippen molar-refractivity contribution in [3.63, 3.8) is 0 Å². The Morgan fingerprint density at radius 1 is 1.11 bits per heavy atom. The molecule has 6 rings (SSSR count). The fourth-order valence-electron chi connectivity index (χ4n) is 5.95. The number of esters is 1. The van der Waals surface area contributed by atoms with Crippen LogP contribution in [0.25, 0.3) is 16.6 Å². The van der Waals surface area contributed by atoms with Crippen molar-refractivity contribution in [1.29, 1.82) is 0 Å². The molecule has 0 spiro atoms. The quantitative estimate of drug-likeness (QED) is 0.0756. The van der Waals surface area contributed by atoms with Gasteiger partial charge >= 0.3 is 5.97 Å². The predicted octanol–water partition coefficient (Wildman–Crippen LogP) is 6.22. The molecule has 2 amide bonds. The number of carbonyl (C=O) groups excluding carboxylic acids is 3. The van der Waals surface area contributed by atoms with E-state index in [0.717, 1.165) is 41.4 Å². The maximum Gasteiger partial charge on any atom is 0.309 e. The fraction of sp³-hybridized carbons (Fsp3) is 0.571. The maximum atomic E-state index is 12.2. The van der Waals surface area contributed by atoms with E-state index in [-0.39, 0.29) is 34.3 Å². The highest BCUT2D eigenvalue weighted by atomic mass is 32.2. The average Bonchev–Trinajstić information content (AvgIpc) is 3.56. The Balaban J connectivity index is 0.000000267. The molecule has 5 unspecified atom stereocenters. The van der Waals surface area contributed by atoms with Crippen molar-refractivity contribution in [2.45, 2.75) is 110 Å². The topological polar surface area (TPSA) is 177 Å². The largest absolute Gasteiger partial charge is 0.497 e. The number of aromatic nitrogens is 1. The molecule has 6 N–H and O–H groups in total. The molecule has 3 fully saturated rings. The Labute approximate surface area is 337 Å². The van der Waals surface area contributed by atoms with Crippen molar-refractivity contribution < 1.29 is 28.6 Å². The van der Waals surface area contributed by atoms with E-state index in [1.165, 1.54) is 37.7 Å². The number of ether oxygens (including phenoxy) is 3. The smallest absolute Gasteiger partial charge is 0.309 e. The SMILES string of the molecule is C=C(NC(C)C(C)(C)C)OC1CCCC1.C=CC1CC1C(=O)OC.CC.CNC1NC(c2cc(=O)c3ccc(OC)cc3[nH]2)=CS1.NC(=O)C1CCCN1C=O. The molecule has 1 aromatic heterocycles. The zero-order valence-electron chi connectivity index (χ0n) is 34.9. The van der Waals surface area contributed by atoms with Gasteiger partial charge in [-0.2, -0.15) is 0 Å². The lowest BCUT2D eigenvalue weighted by Gasteiger charge is -2.30. The van der Waals surface area contributed by atoms with E-state index in [9.17, 15) is 19.2 Å². The Hall–Kier alpha value is -4.43. The van der Waals surface area contributed by atoms with E-state index in [1.807, 2.05) is 38.4 Å². The monoisotopic (exact) mass is 798 g/mol. The van der Waals surface area contributed by atoms with Crippen molar-refractivity contribution in [1.82, 2.24) is 25.8 Å². The number of hydrogen-bond acceptors (Lipinski definition) is 11. The first-order valence-electron chi connectivity index (χ1n) is 19.5. The first-order chi connectivity index (χ1) is 26.6. The van der Waals surface area contributed by atoms with Gasteiger partial charge in [0, 0.05) is 30.1 Å². The fourth-order valence-corrected chi connectivity index (χ4v) is 6.75. The van der Waals surface area contributed by atoms with Crippen molar-refractivity contribution in [3.8, 4) is 5.75 Å². The van der Waals surface area contributed by atoms with Crippen molar-refractivity contribution in [3.05, 3.63) is 70.7 Å². The minimum absolute atomic E-state index is 0.00277. The lowest BCUT2D eigenvalue weighted by molar-refractivity contribution is -0.142. The van der Waals surface area contributed by atoms with Crippen LogP contribution in [0.2, 0.25) is 0 Å². The number of allylic oxidation sites excluding steroid dienone is 1. The summed E-state index contributed by atoms with van der Waals surface area (Å²) >= 11 is 1.63. The number of aromatic amines is 1. The molecular weight excluding hydrogens is 733 g/mol. The van der Waals surface area contributed by atoms with Gasteiger partial charge in [-0.25, -0.2) is 0 Å². The third kappa shape index (κ3) is 14.9. The number of hydrogen-bond donors (Lipinski definition) is 5. The zero-order valence-corrected chi connectivity index (χ0v) is 35.7. The van der Waals surface area contributed by atoms with E-state index in [0.29, 0.717) is 42.8 Å². The van der Waals surface area contributed by atoms with Gasteiger partial charge in [0.2, 0.25) is 12.3 Å². The summed E-state index contributed by atoms with van der Waals surface area (Å²) in [6.45, 7) is 21.0. The van der Waals surface area contributed by atoms with Crippen molar-refractivity contribution in [2.24, 2.45) is 23.0 Å². The molecule has 14 heteroatoms. The predicted molar refractivity (Wildman–Crippen MR) is 227 cm³/mol. The maximum absolute atomic E-state index is 12.2. The molecule has 1 aromatic carbocycles. The van der Waals surface area contributed by atoms with Crippen LogP contribution in [-0.4, -0.2) is 79.7 Å². The van der Waals surface area contributed by atoms with Crippen molar-refractivity contribution >= 4 is 46.6 Å². The van der Waals surface area contributed by atoms with Crippen molar-refractivity contribution in [2.75, 3.05) is 27.8 Å². The summed E-state index contributed by atoms with van der Waals surface area (Å²) in [6, 6.07) is 7.05. The minimum atomic E-state index is -0.399. The number of likely N-dealkylation sites (tertiary alicyclic amines) is 1. The number of nitrogens with one attached hydrogen (secondary N) is 4. The molecular formula is C42H66N6O7S. The molecule has 3 heterocycles. The molecule has 5 atom stereocenters. The number of fused-ring (bicyclic) bond motifs is 1. The van der Waals surface area contributed by atoms with Crippen LogP contribution in [0.3, 0.4) is 0 Å². The van der Waals surface area contributed by atoms with Gasteiger partial charge in [-0.1, -0.05) is 52.5 Å². The number of rotatable bonds is 11. The second-order valence-electron chi connectivity index (χ2n) is 14.8. The lowest BCUT2D eigenvalue weighted by atomic mass is 9.88. The number of nitrogens with zero attached hydrogens (tertiary/aromatic N) is 1. The molecule has 56 heavy (non-hydrogen) atoms. The minimum Gasteiger partial charge on any atom is -0.497 e. The van der Waals surface area contributed by atoms with Crippen LogP contribution in [0.1, 0.15) is 92.2 Å². The van der Waals surface area contributed by atoms with Crippen LogP contribution in [-0.2, 0) is 23.9 Å². The van der Waals surface area contributed by atoms with Gasteiger partial charge in [0.05, 0.1) is 37.0 Å². The van der Waals surface area contributed by atoms with Gasteiger partial charge in [-0.05, 0) is 94.4 Å². The lowest BCUT2D eigenvalue weighted by Crippen LogP contribution is -2.39. The third-order valence-corrected chi connectivity index (χ3v) is 10.9. The molecule has 2 aliphatic carbocycles. The number of benzene rings is 1. The number of thioether (sulfide) groups is 1. The summed E-state index contributed by atoms with van der Waals surface area (Å²) in [4.78, 5) is 48.4. The molecule has 2 saturated carbocycles. The van der Waals surface area contributed by atoms with Crippen LogP contribution in [0.4, 0.5) is 0 Å². The highest BCUT2D eigenvalue weighted by Crippen LogP contribution is 2.39. The number of primary amides is 1. The average molecular weight is 799 g/mol. The first kappa shape index (κ1) is 47.7. The molecule has 0 bridgehead atoms. The zero-order chi connectivity index (χ0) is 42.0. The number of nitrogens with two attached hydrogens (primary N) is 1. The number of H-pyrrole nitrogens is 1. The molecule has 4 aliphatic rings. The Morgan fingerprint density at radius 3 is 2.29 bits per heavy atom. The Bertz CT molecular complexity index is 1680. The third-order valence-electron chi connectivity index (χ3n) is 9.89. The molecule has 1 saturated heterocycles. The normalized spacial score (nSPS) is 21.3. The van der Waals surface area contributed by atoms with E-state index in [1.54, 1.807) is 37.1 Å². The van der Waals surface area contributed by atoms with Gasteiger partial charge in [-0.3, -0.25) is 24.5 Å². The number of methoxy groups -OCH3 is 2. The Morgan fingerprint density at radius 2 is 1.79 bits per heavy atom. The summed E-state index contributed by atoms with van der Waals surface area (Å²) < 4.78 is 15.5. The molecule has 13 nitrogen and oxygen atoms in total. The molecule has 2 aromatic rings. The van der Waals surface area contributed by atoms with E-state index < -0.39 is 5.91 Å².